The fourth-order valence-corrected chi connectivity index (χ4v) is 2.42. The van der Waals surface area contributed by atoms with E-state index in [0.29, 0.717) is 33.7 Å². The van der Waals surface area contributed by atoms with Crippen LogP contribution in [0.5, 0.6) is 0 Å². The highest BCUT2D eigenvalue weighted by Crippen LogP contribution is 2.31. The summed E-state index contributed by atoms with van der Waals surface area (Å²) < 4.78 is 30.0. The first-order chi connectivity index (χ1) is 8.99. The molecule has 0 radical (unpaired) electrons. The lowest BCUT2D eigenvalue weighted by molar-refractivity contribution is -0.115. The van der Waals surface area contributed by atoms with Crippen LogP contribution in [0.4, 0.5) is 8.78 Å². The van der Waals surface area contributed by atoms with Crippen molar-refractivity contribution in [1.29, 1.82) is 0 Å². The summed E-state index contributed by atoms with van der Waals surface area (Å²) in [4.78, 5) is 14.0. The van der Waals surface area contributed by atoms with Crippen LogP contribution < -0.4 is 0 Å². The van der Waals surface area contributed by atoms with Gasteiger partial charge in [0.2, 0.25) is 11.7 Å². The lowest BCUT2D eigenvalue weighted by Crippen LogP contribution is -2.12. The van der Waals surface area contributed by atoms with E-state index < -0.39 is 5.76 Å². The number of Topliss-reactive ketones (excluding diaryl/α,β-unsaturated/α-hetero) is 1. The van der Waals surface area contributed by atoms with Gasteiger partial charge < -0.3 is 9.64 Å². The van der Waals surface area contributed by atoms with Crippen LogP contribution >= 0.6 is 11.8 Å². The molecule has 0 spiro atoms. The molecule has 3 nitrogen and oxygen atoms in total. The molecule has 1 aliphatic rings. The molecule has 102 valence electrons. The Hall–Kier alpha value is -1.56. The number of benzene rings is 1. The van der Waals surface area contributed by atoms with Crippen molar-refractivity contribution >= 4 is 23.1 Å². The number of carbonyl (C=O) groups is 1. The summed E-state index contributed by atoms with van der Waals surface area (Å²) in [5.41, 5.74) is 1.05. The summed E-state index contributed by atoms with van der Waals surface area (Å²) in [5, 5.41) is 0. The molecule has 2 rings (SSSR count). The topological polar surface area (TPSA) is 29.5 Å². The molecule has 0 fully saturated rings. The first-order valence-corrected chi connectivity index (χ1v) is 6.50. The van der Waals surface area contributed by atoms with Crippen LogP contribution in [-0.4, -0.2) is 37.1 Å². The minimum absolute atomic E-state index is 0.00490. The maximum atomic E-state index is 12.4. The molecule has 1 aliphatic heterocycles. The van der Waals surface area contributed by atoms with Crippen molar-refractivity contribution in [3.05, 3.63) is 35.7 Å². The summed E-state index contributed by atoms with van der Waals surface area (Å²) in [5.74, 6) is -2.14. The molecule has 0 bridgehead atoms. The predicted octanol–water partition coefficient (Wildman–Crippen LogP) is 2.83. The Kier molecular flexibility index (Phi) is 4.09. The Morgan fingerprint density at radius 3 is 2.74 bits per heavy atom. The third-order valence-electron chi connectivity index (χ3n) is 2.59. The number of carbonyl (C=O) groups excluding carboxylic acids is 1. The Balaban J connectivity index is 2.40. The van der Waals surface area contributed by atoms with Crippen LogP contribution in [-0.2, 0) is 9.53 Å². The molecule has 0 atom stereocenters. The zero-order chi connectivity index (χ0) is 14.0. The second-order valence-corrected chi connectivity index (χ2v) is 5.26. The molecule has 0 aliphatic carbocycles. The number of nitrogens with zero attached hydrogens (tertiary/aromatic N) is 1. The fourth-order valence-electron chi connectivity index (χ4n) is 1.86. The zero-order valence-corrected chi connectivity index (χ0v) is 11.3. The van der Waals surface area contributed by atoms with Gasteiger partial charge in [0.15, 0.2) is 6.61 Å². The van der Waals surface area contributed by atoms with Gasteiger partial charge in [0.25, 0.3) is 5.76 Å². The summed E-state index contributed by atoms with van der Waals surface area (Å²) in [6, 6.07) is 6.56. The molecule has 1 aromatic rings. The lowest BCUT2D eigenvalue weighted by atomic mass is 10.0. The van der Waals surface area contributed by atoms with Gasteiger partial charge in [0.1, 0.15) is 0 Å². The highest BCUT2D eigenvalue weighted by Gasteiger charge is 2.27. The van der Waals surface area contributed by atoms with E-state index in [4.69, 9.17) is 4.74 Å². The van der Waals surface area contributed by atoms with Crippen LogP contribution in [0.1, 0.15) is 5.56 Å². The number of rotatable bonds is 4. The second-order valence-electron chi connectivity index (χ2n) is 4.19. The van der Waals surface area contributed by atoms with Gasteiger partial charge in [-0.15, -0.1) is 0 Å². The van der Waals surface area contributed by atoms with Crippen molar-refractivity contribution in [2.24, 2.45) is 0 Å². The van der Waals surface area contributed by atoms with Crippen molar-refractivity contribution in [3.63, 3.8) is 0 Å². The molecule has 1 heterocycles. The smallest absolute Gasteiger partial charge is 0.288 e. The molecule has 6 heteroatoms. The minimum atomic E-state index is -2.48. The number of ether oxygens (including phenoxy) is 1. The van der Waals surface area contributed by atoms with E-state index in [0.717, 1.165) is 0 Å². The first-order valence-electron chi connectivity index (χ1n) is 5.62. The molecule has 0 aromatic heterocycles. The summed E-state index contributed by atoms with van der Waals surface area (Å²) in [7, 11) is 3.54. The van der Waals surface area contributed by atoms with Gasteiger partial charge >= 0.3 is 0 Å². The number of alkyl halides is 2. The van der Waals surface area contributed by atoms with Gasteiger partial charge in [-0.3, -0.25) is 4.79 Å². The van der Waals surface area contributed by atoms with E-state index >= 15 is 0 Å². The maximum Gasteiger partial charge on any atom is 0.288 e. The molecule has 0 N–H and O–H groups in total. The maximum absolute atomic E-state index is 12.4. The third kappa shape index (κ3) is 3.07. The van der Waals surface area contributed by atoms with Gasteiger partial charge in [-0.1, -0.05) is 23.9 Å². The fraction of sp³-hybridized carbons (Fsp3) is 0.308. The van der Waals surface area contributed by atoms with Crippen LogP contribution in [0.15, 0.2) is 35.0 Å². The number of ketones is 1. The zero-order valence-electron chi connectivity index (χ0n) is 10.5. The quantitative estimate of drug-likeness (QED) is 0.796. The van der Waals surface area contributed by atoms with Crippen molar-refractivity contribution in [1.82, 2.24) is 4.90 Å². The van der Waals surface area contributed by atoms with Crippen molar-refractivity contribution < 1.29 is 18.3 Å². The average Bonchev–Trinajstić information content (AvgIpc) is 2.70. The molecule has 0 saturated heterocycles. The van der Waals surface area contributed by atoms with Crippen molar-refractivity contribution in [2.75, 3.05) is 20.7 Å². The monoisotopic (exact) mass is 285 g/mol. The van der Waals surface area contributed by atoms with Gasteiger partial charge in [-0.2, -0.15) is 8.78 Å². The SMILES string of the molecule is CN(C)C1=C(c2cccc(SC(F)F)c2)C(=O)CO1. The Labute approximate surface area is 114 Å². The van der Waals surface area contributed by atoms with Crippen LogP contribution in [0, 0.1) is 0 Å². The second kappa shape index (κ2) is 5.61. The predicted molar refractivity (Wildman–Crippen MR) is 69.9 cm³/mol. The number of hydrogen-bond acceptors (Lipinski definition) is 4. The molecule has 1 aromatic carbocycles. The Morgan fingerprint density at radius 1 is 1.37 bits per heavy atom. The van der Waals surface area contributed by atoms with Crippen LogP contribution in [0.2, 0.25) is 0 Å². The van der Waals surface area contributed by atoms with Gasteiger partial charge in [0, 0.05) is 19.0 Å². The van der Waals surface area contributed by atoms with Crippen LogP contribution in [0.25, 0.3) is 5.57 Å². The van der Waals surface area contributed by atoms with E-state index in [2.05, 4.69) is 0 Å². The van der Waals surface area contributed by atoms with E-state index in [9.17, 15) is 13.6 Å². The van der Waals surface area contributed by atoms with Gasteiger partial charge in [-0.05, 0) is 17.7 Å². The average molecular weight is 285 g/mol. The Morgan fingerprint density at radius 2 is 2.11 bits per heavy atom. The van der Waals surface area contributed by atoms with E-state index in [1.165, 1.54) is 0 Å². The van der Waals surface area contributed by atoms with E-state index in [-0.39, 0.29) is 12.4 Å². The molecular weight excluding hydrogens is 272 g/mol. The Bertz CT molecular complexity index is 529. The summed E-state index contributed by atoms with van der Waals surface area (Å²) >= 11 is 0.461. The van der Waals surface area contributed by atoms with Gasteiger partial charge in [-0.25, -0.2) is 0 Å². The highest BCUT2D eigenvalue weighted by atomic mass is 32.2. The normalized spacial score (nSPS) is 15.1. The standard InChI is InChI=1S/C13H13F2NO2S/c1-16(2)12-11(10(17)7-18-12)8-4-3-5-9(6-8)19-13(14)15/h3-6,13H,7H2,1-2H3. The largest absolute Gasteiger partial charge is 0.470 e. The summed E-state index contributed by atoms with van der Waals surface area (Å²) in [6.45, 7) is -0.00490. The molecule has 0 amide bonds. The number of halogens is 2. The van der Waals surface area contributed by atoms with Crippen molar-refractivity contribution in [3.8, 4) is 0 Å². The minimum Gasteiger partial charge on any atom is -0.470 e. The molecule has 0 unspecified atom stereocenters. The number of thioether (sulfide) groups is 1. The molecular formula is C13H13F2NO2S. The number of hydrogen-bond donors (Lipinski definition) is 0. The van der Waals surface area contributed by atoms with Crippen molar-refractivity contribution in [2.45, 2.75) is 10.7 Å². The van der Waals surface area contributed by atoms with Gasteiger partial charge in [0.05, 0.1) is 5.57 Å². The summed E-state index contributed by atoms with van der Waals surface area (Å²) in [6.07, 6.45) is 0. The third-order valence-corrected chi connectivity index (χ3v) is 3.29. The highest BCUT2D eigenvalue weighted by molar-refractivity contribution is 7.99. The molecule has 19 heavy (non-hydrogen) atoms. The van der Waals surface area contributed by atoms with Crippen LogP contribution in [0.3, 0.4) is 0 Å². The van der Waals surface area contributed by atoms with E-state index in [1.54, 1.807) is 43.3 Å². The van der Waals surface area contributed by atoms with E-state index in [1.807, 2.05) is 0 Å². The molecule has 0 saturated carbocycles. The first kappa shape index (κ1) is 13.9. The lowest BCUT2D eigenvalue weighted by Gasteiger charge is -2.14.